The van der Waals surface area contributed by atoms with Crippen LogP contribution in [-0.4, -0.2) is 69.2 Å². The number of anilines is 1. The first-order chi connectivity index (χ1) is 22.7. The molecule has 8 heteroatoms. The summed E-state index contributed by atoms with van der Waals surface area (Å²) in [7, 11) is 1.67. The van der Waals surface area contributed by atoms with Gasteiger partial charge in [-0.2, -0.15) is 0 Å². The fraction of sp³-hybridized carbons (Fsp3) is 0.410. The third-order valence-corrected chi connectivity index (χ3v) is 8.18. The van der Waals surface area contributed by atoms with E-state index in [-0.39, 0.29) is 12.1 Å². The van der Waals surface area contributed by atoms with Crippen molar-refractivity contribution < 1.29 is 28.5 Å². The number of para-hydroxylation sites is 1. The number of rotatable bonds is 13. The van der Waals surface area contributed by atoms with Gasteiger partial charge in [-0.05, 0) is 86.0 Å². The Balaban J connectivity index is 1.18. The average Bonchev–Trinajstić information content (AvgIpc) is 3.08. The smallest absolute Gasteiger partial charge is 0.410 e. The van der Waals surface area contributed by atoms with E-state index in [1.807, 2.05) is 63.2 Å². The van der Waals surface area contributed by atoms with E-state index in [1.54, 1.807) is 12.0 Å². The van der Waals surface area contributed by atoms with Crippen LogP contribution in [-0.2, 0) is 22.5 Å². The van der Waals surface area contributed by atoms with Crippen molar-refractivity contribution in [2.24, 2.45) is 0 Å². The molecular weight excluding hydrogens is 592 g/mol. The molecule has 1 aliphatic rings. The Bertz CT molecular complexity index is 1600. The second-order valence-corrected chi connectivity index (χ2v) is 12.8. The van der Waals surface area contributed by atoms with E-state index < -0.39 is 5.60 Å². The Morgan fingerprint density at radius 3 is 2.36 bits per heavy atom. The fourth-order valence-corrected chi connectivity index (χ4v) is 5.69. The molecular formula is C39H48N2O6. The molecule has 1 fully saturated rings. The molecule has 0 spiro atoms. The summed E-state index contributed by atoms with van der Waals surface area (Å²) in [4.78, 5) is 17.1. The predicted octanol–water partition coefficient (Wildman–Crippen LogP) is 7.90. The number of hydrogen-bond donors (Lipinski definition) is 0. The molecule has 250 valence electrons. The number of amides is 1. The van der Waals surface area contributed by atoms with Gasteiger partial charge in [-0.3, -0.25) is 0 Å². The molecule has 0 aliphatic carbocycles. The Labute approximate surface area is 279 Å². The number of carbonyl (C=O) groups excluding carboxylic acids is 1. The highest BCUT2D eigenvalue weighted by Gasteiger charge is 2.32. The second kappa shape index (κ2) is 15.9. The first-order valence-corrected chi connectivity index (χ1v) is 16.5. The number of benzene rings is 4. The van der Waals surface area contributed by atoms with Gasteiger partial charge in [0, 0.05) is 37.3 Å². The van der Waals surface area contributed by atoms with E-state index in [2.05, 4.69) is 54.3 Å². The van der Waals surface area contributed by atoms with Crippen molar-refractivity contribution in [2.45, 2.75) is 58.8 Å². The highest BCUT2D eigenvalue weighted by atomic mass is 16.6. The van der Waals surface area contributed by atoms with Crippen molar-refractivity contribution >= 4 is 22.6 Å². The average molecular weight is 641 g/mol. The summed E-state index contributed by atoms with van der Waals surface area (Å²) in [6.07, 6.45) is 1.49. The third-order valence-electron chi connectivity index (χ3n) is 8.18. The standard InChI is InChI=1S/C39H48N2O6/c1-6-29-12-13-31-25-36(17-14-30(31)24-29)46-28-34-26-40(38(42)47-39(2,3)4)20-21-41(34)33-15-18-35(19-16-33)45-23-9-22-44-27-32-10-7-8-11-37(32)43-5/h7-8,10-19,24-25,34H,6,9,20-23,26-28H2,1-5H3/t34-/m1/s1. The maximum Gasteiger partial charge on any atom is 0.410 e. The van der Waals surface area contributed by atoms with Gasteiger partial charge >= 0.3 is 6.09 Å². The lowest BCUT2D eigenvalue weighted by molar-refractivity contribution is 0.0201. The third kappa shape index (κ3) is 9.55. The van der Waals surface area contributed by atoms with E-state index in [0.29, 0.717) is 46.1 Å². The number of nitrogens with zero attached hydrogens (tertiary/aromatic N) is 2. The van der Waals surface area contributed by atoms with Crippen LogP contribution in [0.25, 0.3) is 10.8 Å². The summed E-state index contributed by atoms with van der Waals surface area (Å²) in [5.74, 6) is 2.45. The quantitative estimate of drug-likeness (QED) is 0.138. The molecule has 0 aromatic heterocycles. The summed E-state index contributed by atoms with van der Waals surface area (Å²) in [5.41, 5.74) is 2.85. The molecule has 0 bridgehead atoms. The van der Waals surface area contributed by atoms with Gasteiger partial charge in [0.05, 0.1) is 33.0 Å². The lowest BCUT2D eigenvalue weighted by Gasteiger charge is -2.42. The molecule has 1 heterocycles. The van der Waals surface area contributed by atoms with Crippen LogP contribution in [0.1, 0.15) is 45.2 Å². The van der Waals surface area contributed by atoms with E-state index >= 15 is 0 Å². The Morgan fingerprint density at radius 2 is 1.60 bits per heavy atom. The number of ether oxygens (including phenoxy) is 5. The van der Waals surface area contributed by atoms with Crippen LogP contribution in [0.15, 0.2) is 84.9 Å². The number of carbonyl (C=O) groups is 1. The zero-order valence-electron chi connectivity index (χ0n) is 28.4. The van der Waals surface area contributed by atoms with E-state index in [9.17, 15) is 4.79 Å². The van der Waals surface area contributed by atoms with Gasteiger partial charge in [0.1, 0.15) is 29.5 Å². The van der Waals surface area contributed by atoms with Crippen LogP contribution in [0.5, 0.6) is 17.2 Å². The van der Waals surface area contributed by atoms with Crippen molar-refractivity contribution in [2.75, 3.05) is 51.5 Å². The van der Waals surface area contributed by atoms with Gasteiger partial charge in [-0.15, -0.1) is 0 Å². The maximum atomic E-state index is 13.0. The summed E-state index contributed by atoms with van der Waals surface area (Å²) >= 11 is 0. The number of methoxy groups -OCH3 is 1. The van der Waals surface area contributed by atoms with E-state index in [4.69, 9.17) is 23.7 Å². The lowest BCUT2D eigenvalue weighted by Crippen LogP contribution is -2.57. The summed E-state index contributed by atoms with van der Waals surface area (Å²) in [6.45, 7) is 11.6. The Kier molecular flexibility index (Phi) is 11.5. The van der Waals surface area contributed by atoms with Crippen LogP contribution >= 0.6 is 0 Å². The lowest BCUT2D eigenvalue weighted by atomic mass is 10.1. The molecule has 0 saturated carbocycles. The minimum Gasteiger partial charge on any atom is -0.496 e. The molecule has 0 unspecified atom stereocenters. The Morgan fingerprint density at radius 1 is 0.851 bits per heavy atom. The van der Waals surface area contributed by atoms with Gasteiger partial charge in [0.2, 0.25) is 0 Å². The maximum absolute atomic E-state index is 13.0. The number of piperazine rings is 1. The highest BCUT2D eigenvalue weighted by molar-refractivity contribution is 5.84. The first kappa shape index (κ1) is 33.9. The molecule has 8 nitrogen and oxygen atoms in total. The molecule has 5 rings (SSSR count). The number of fused-ring (bicyclic) bond motifs is 1. The van der Waals surface area contributed by atoms with E-state index in [1.165, 1.54) is 10.9 Å². The molecule has 0 N–H and O–H groups in total. The highest BCUT2D eigenvalue weighted by Crippen LogP contribution is 2.27. The Hall–Kier alpha value is -4.43. The largest absolute Gasteiger partial charge is 0.496 e. The summed E-state index contributed by atoms with van der Waals surface area (Å²) in [5, 5.41) is 2.35. The molecule has 47 heavy (non-hydrogen) atoms. The van der Waals surface area contributed by atoms with Crippen molar-refractivity contribution in [1.29, 1.82) is 0 Å². The van der Waals surface area contributed by atoms with Crippen LogP contribution in [0.4, 0.5) is 10.5 Å². The predicted molar refractivity (Wildman–Crippen MR) is 187 cm³/mol. The number of aryl methyl sites for hydroxylation is 1. The van der Waals surface area contributed by atoms with Gasteiger partial charge in [-0.25, -0.2) is 4.79 Å². The zero-order valence-corrected chi connectivity index (χ0v) is 28.4. The van der Waals surface area contributed by atoms with Crippen LogP contribution in [0, 0.1) is 0 Å². The van der Waals surface area contributed by atoms with Gasteiger partial charge in [0.25, 0.3) is 0 Å². The monoisotopic (exact) mass is 640 g/mol. The van der Waals surface area contributed by atoms with Gasteiger partial charge in [-0.1, -0.05) is 49.4 Å². The van der Waals surface area contributed by atoms with E-state index in [0.717, 1.165) is 46.7 Å². The minimum absolute atomic E-state index is 0.0680. The van der Waals surface area contributed by atoms with Crippen molar-refractivity contribution in [1.82, 2.24) is 4.90 Å². The minimum atomic E-state index is -0.555. The normalized spacial score (nSPS) is 15.0. The molecule has 1 amide bonds. The van der Waals surface area contributed by atoms with Crippen molar-refractivity contribution in [3.63, 3.8) is 0 Å². The van der Waals surface area contributed by atoms with Crippen LogP contribution in [0.2, 0.25) is 0 Å². The topological polar surface area (TPSA) is 69.7 Å². The van der Waals surface area contributed by atoms with Crippen molar-refractivity contribution in [3.8, 4) is 17.2 Å². The summed E-state index contributed by atoms with van der Waals surface area (Å²) in [6, 6.07) is 28.7. The number of hydrogen-bond acceptors (Lipinski definition) is 7. The molecule has 4 aromatic rings. The molecule has 1 saturated heterocycles. The van der Waals surface area contributed by atoms with Crippen LogP contribution < -0.4 is 19.1 Å². The van der Waals surface area contributed by atoms with Gasteiger partial charge < -0.3 is 33.5 Å². The van der Waals surface area contributed by atoms with Crippen LogP contribution in [0.3, 0.4) is 0 Å². The molecule has 4 aromatic carbocycles. The first-order valence-electron chi connectivity index (χ1n) is 16.5. The summed E-state index contributed by atoms with van der Waals surface area (Å²) < 4.78 is 29.3. The SMILES string of the molecule is CCc1ccc2cc(OC[C@H]3CN(C(=O)OC(C)(C)C)CCN3c3ccc(OCCCOCc4ccccc4OC)cc3)ccc2c1. The molecule has 1 atom stereocenters. The molecule has 1 aliphatic heterocycles. The van der Waals surface area contributed by atoms with Crippen molar-refractivity contribution in [3.05, 3.63) is 96.1 Å². The molecule has 0 radical (unpaired) electrons. The second-order valence-electron chi connectivity index (χ2n) is 12.8. The van der Waals surface area contributed by atoms with Gasteiger partial charge in [0.15, 0.2) is 0 Å². The fourth-order valence-electron chi connectivity index (χ4n) is 5.69. The zero-order chi connectivity index (χ0) is 33.2.